The summed E-state index contributed by atoms with van der Waals surface area (Å²) in [5.74, 6) is -3.13. The van der Waals surface area contributed by atoms with Crippen LogP contribution in [-0.2, 0) is 16.2 Å². The molecule has 2 aromatic carbocycles. The molecule has 0 aliphatic carbocycles. The molecule has 14 heteroatoms. The van der Waals surface area contributed by atoms with Crippen molar-refractivity contribution in [2.45, 2.75) is 22.8 Å². The summed E-state index contributed by atoms with van der Waals surface area (Å²) in [6.45, 7) is -2.64. The van der Waals surface area contributed by atoms with Gasteiger partial charge in [-0.25, -0.2) is 17.2 Å². The molecular weight excluding hydrogens is 489 g/mol. The average molecular weight is 503 g/mol. The Morgan fingerprint density at radius 3 is 2.32 bits per heavy atom. The van der Waals surface area contributed by atoms with Gasteiger partial charge >= 0.3 is 6.18 Å². The molecule has 0 bridgehead atoms. The number of nitrogens with zero attached hydrogens (tertiary/aromatic N) is 3. The lowest BCUT2D eigenvalue weighted by Crippen LogP contribution is -2.48. The third-order valence-electron chi connectivity index (χ3n) is 5.15. The summed E-state index contributed by atoms with van der Waals surface area (Å²) >= 11 is 0. The third-order valence-corrected chi connectivity index (χ3v) is 7.02. The fourth-order valence-corrected chi connectivity index (χ4v) is 4.95. The highest BCUT2D eigenvalue weighted by atomic mass is 32.2. The Hall–Kier alpha value is -3.30. The van der Waals surface area contributed by atoms with E-state index in [-0.39, 0.29) is 0 Å². The lowest BCUT2D eigenvalue weighted by atomic mass is 10.0. The molecule has 180 valence electrons. The summed E-state index contributed by atoms with van der Waals surface area (Å²) in [4.78, 5) is -0.792. The van der Waals surface area contributed by atoms with Gasteiger partial charge in [-0.2, -0.15) is 28.0 Å². The Labute approximate surface area is 189 Å². The predicted molar refractivity (Wildman–Crippen MR) is 102 cm³/mol. The first-order chi connectivity index (χ1) is 15.8. The summed E-state index contributed by atoms with van der Waals surface area (Å²) in [5.41, 5.74) is -5.02. The van der Waals surface area contributed by atoms with Gasteiger partial charge in [-0.1, -0.05) is 0 Å². The van der Waals surface area contributed by atoms with E-state index in [9.17, 15) is 45.8 Å². The number of alkyl halides is 3. The maximum atomic E-state index is 14.2. The van der Waals surface area contributed by atoms with Gasteiger partial charge in [0.25, 0.3) is 0 Å². The van der Waals surface area contributed by atoms with Crippen LogP contribution in [0.5, 0.6) is 5.75 Å². The van der Waals surface area contributed by atoms with Gasteiger partial charge in [0.15, 0.2) is 11.6 Å². The standard InChI is InChI=1S/C20H14F5N3O5S/c21-14-5-16(15(22)4-11(14)6-26)33-18-8-28(9-19(18,30)10-29)34(31,32)17-2-1-13(20(23,24)25)3-12(17)7-27/h1-5,18,29-30H,8-10H2/t18?,19-/m1/s1. The Balaban J connectivity index is 1.97. The summed E-state index contributed by atoms with van der Waals surface area (Å²) in [6, 6.07) is 5.21. The Bertz CT molecular complexity index is 1320. The molecule has 2 atom stereocenters. The van der Waals surface area contributed by atoms with Gasteiger partial charge in [0.05, 0.1) is 34.7 Å². The van der Waals surface area contributed by atoms with E-state index in [1.54, 1.807) is 0 Å². The highest BCUT2D eigenvalue weighted by molar-refractivity contribution is 7.89. The van der Waals surface area contributed by atoms with E-state index in [1.165, 1.54) is 12.1 Å². The molecule has 0 saturated carbocycles. The van der Waals surface area contributed by atoms with Crippen LogP contribution >= 0.6 is 0 Å². The predicted octanol–water partition coefficient (Wildman–Crippen LogP) is 1.90. The number of ether oxygens (including phenoxy) is 1. The number of rotatable bonds is 5. The minimum atomic E-state index is -4.84. The summed E-state index contributed by atoms with van der Waals surface area (Å²) < 4.78 is 98.7. The van der Waals surface area contributed by atoms with E-state index >= 15 is 0 Å². The molecule has 2 N–H and O–H groups in total. The number of nitriles is 2. The molecule has 3 rings (SSSR count). The highest BCUT2D eigenvalue weighted by Crippen LogP contribution is 2.35. The normalized spacial score (nSPS) is 21.1. The van der Waals surface area contributed by atoms with E-state index in [0.717, 1.165) is 0 Å². The van der Waals surface area contributed by atoms with E-state index in [1.807, 2.05) is 0 Å². The summed E-state index contributed by atoms with van der Waals surface area (Å²) in [5, 5.41) is 38.2. The minimum absolute atomic E-state index is 0.351. The lowest BCUT2D eigenvalue weighted by Gasteiger charge is -2.27. The monoisotopic (exact) mass is 503 g/mol. The van der Waals surface area contributed by atoms with Crippen LogP contribution in [0.25, 0.3) is 0 Å². The van der Waals surface area contributed by atoms with Crippen LogP contribution < -0.4 is 4.74 Å². The first kappa shape index (κ1) is 25.3. The smallest absolute Gasteiger partial charge is 0.416 e. The van der Waals surface area contributed by atoms with Gasteiger partial charge in [0.1, 0.15) is 29.7 Å². The fourth-order valence-electron chi connectivity index (χ4n) is 3.32. The van der Waals surface area contributed by atoms with Gasteiger partial charge in [-0.15, -0.1) is 0 Å². The molecule has 34 heavy (non-hydrogen) atoms. The largest absolute Gasteiger partial charge is 0.483 e. The molecule has 0 radical (unpaired) electrons. The molecule has 1 unspecified atom stereocenters. The third kappa shape index (κ3) is 4.53. The number of sulfonamides is 1. The second kappa shape index (κ2) is 8.81. The zero-order chi connectivity index (χ0) is 25.5. The van der Waals surface area contributed by atoms with Gasteiger partial charge in [0.2, 0.25) is 10.0 Å². The first-order valence-corrected chi connectivity index (χ1v) is 10.7. The van der Waals surface area contributed by atoms with Crippen molar-refractivity contribution in [3.63, 3.8) is 0 Å². The Morgan fingerprint density at radius 1 is 1.12 bits per heavy atom. The van der Waals surface area contributed by atoms with Gasteiger partial charge in [0, 0.05) is 12.6 Å². The van der Waals surface area contributed by atoms with Crippen molar-refractivity contribution in [2.24, 2.45) is 0 Å². The van der Waals surface area contributed by atoms with Crippen LogP contribution in [0.1, 0.15) is 16.7 Å². The molecule has 1 aliphatic rings. The molecule has 1 heterocycles. The minimum Gasteiger partial charge on any atom is -0.483 e. The molecule has 0 spiro atoms. The quantitative estimate of drug-likeness (QED) is 0.595. The van der Waals surface area contributed by atoms with Crippen LogP contribution in [0.3, 0.4) is 0 Å². The molecule has 0 amide bonds. The zero-order valence-corrected chi connectivity index (χ0v) is 17.7. The first-order valence-electron chi connectivity index (χ1n) is 9.27. The number of aliphatic hydroxyl groups excluding tert-OH is 1. The van der Waals surface area contributed by atoms with Crippen molar-refractivity contribution in [2.75, 3.05) is 19.7 Å². The number of β-amino-alcohol motifs (C(OH)–C–C–N with tert-alkyl or cyclic N) is 1. The molecule has 1 saturated heterocycles. The number of halogens is 5. The Morgan fingerprint density at radius 2 is 1.76 bits per heavy atom. The van der Waals surface area contributed by atoms with Crippen molar-refractivity contribution in [3.8, 4) is 17.9 Å². The maximum absolute atomic E-state index is 14.2. The molecule has 2 aromatic rings. The van der Waals surface area contributed by atoms with Crippen LogP contribution in [0, 0.1) is 34.3 Å². The summed E-state index contributed by atoms with van der Waals surface area (Å²) in [6.07, 6.45) is -6.48. The van der Waals surface area contributed by atoms with E-state index < -0.39 is 86.6 Å². The maximum Gasteiger partial charge on any atom is 0.416 e. The van der Waals surface area contributed by atoms with E-state index in [4.69, 9.17) is 10.00 Å². The van der Waals surface area contributed by atoms with Gasteiger partial charge in [-0.3, -0.25) is 0 Å². The Kier molecular flexibility index (Phi) is 6.56. The van der Waals surface area contributed by atoms with Crippen molar-refractivity contribution in [3.05, 3.63) is 58.7 Å². The fraction of sp³-hybridized carbons (Fsp3) is 0.300. The van der Waals surface area contributed by atoms with Crippen LogP contribution in [0.15, 0.2) is 35.2 Å². The SMILES string of the molecule is N#Cc1cc(F)c(OC2CN(S(=O)(=O)c3ccc(C(F)(F)F)cc3C#N)C[C@@]2(O)CO)cc1F. The van der Waals surface area contributed by atoms with E-state index in [0.29, 0.717) is 34.6 Å². The molecular formula is C20H14F5N3O5S. The molecule has 8 nitrogen and oxygen atoms in total. The number of benzene rings is 2. The number of hydrogen-bond donors (Lipinski definition) is 2. The second-order valence-corrected chi connectivity index (χ2v) is 9.27. The van der Waals surface area contributed by atoms with Crippen molar-refractivity contribution in [1.82, 2.24) is 4.31 Å². The van der Waals surface area contributed by atoms with Gasteiger partial charge < -0.3 is 14.9 Å². The average Bonchev–Trinajstić information content (AvgIpc) is 3.12. The van der Waals surface area contributed by atoms with Crippen molar-refractivity contribution in [1.29, 1.82) is 10.5 Å². The molecule has 0 aromatic heterocycles. The van der Waals surface area contributed by atoms with Crippen LogP contribution in [-0.4, -0.2) is 54.3 Å². The zero-order valence-electron chi connectivity index (χ0n) is 16.8. The molecule has 1 aliphatic heterocycles. The van der Waals surface area contributed by atoms with Crippen molar-refractivity contribution >= 4 is 10.0 Å². The number of aliphatic hydroxyl groups is 2. The van der Waals surface area contributed by atoms with Gasteiger partial charge in [-0.05, 0) is 24.3 Å². The summed E-state index contributed by atoms with van der Waals surface area (Å²) in [7, 11) is -4.70. The second-order valence-electron chi connectivity index (χ2n) is 7.36. The van der Waals surface area contributed by atoms with Crippen LogP contribution in [0.2, 0.25) is 0 Å². The van der Waals surface area contributed by atoms with Crippen molar-refractivity contribution < 1.29 is 45.3 Å². The number of hydrogen-bond acceptors (Lipinski definition) is 7. The van der Waals surface area contributed by atoms with Crippen LogP contribution in [0.4, 0.5) is 22.0 Å². The van der Waals surface area contributed by atoms with E-state index in [2.05, 4.69) is 0 Å². The molecule has 1 fully saturated rings. The highest BCUT2D eigenvalue weighted by Gasteiger charge is 2.51. The topological polar surface area (TPSA) is 135 Å². The lowest BCUT2D eigenvalue weighted by molar-refractivity contribution is -0.137.